The highest BCUT2D eigenvalue weighted by Crippen LogP contribution is 2.34. The number of nitrogens with two attached hydrogens (primary N) is 1. The highest BCUT2D eigenvalue weighted by Gasteiger charge is 2.29. The summed E-state index contributed by atoms with van der Waals surface area (Å²) in [5, 5.41) is 3.06. The molecular weight excluding hydrogens is 378 g/mol. The van der Waals surface area contributed by atoms with E-state index in [0.717, 1.165) is 23.4 Å². The Morgan fingerprint density at radius 1 is 1.32 bits per heavy atom. The Hall–Kier alpha value is -2.87. The minimum Gasteiger partial charge on any atom is -0.462 e. The number of hydrogen-bond donors (Lipinski definition) is 2. The van der Waals surface area contributed by atoms with Crippen molar-refractivity contribution in [2.75, 3.05) is 23.4 Å². The molecule has 3 rings (SSSR count). The van der Waals surface area contributed by atoms with Gasteiger partial charge in [-0.25, -0.2) is 4.79 Å². The fraction of sp³-hybridized carbons (Fsp3) is 0.350. The van der Waals surface area contributed by atoms with Crippen molar-refractivity contribution >= 4 is 39.8 Å². The number of benzene rings is 1. The van der Waals surface area contributed by atoms with Crippen molar-refractivity contribution < 1.29 is 19.1 Å². The third-order valence-electron chi connectivity index (χ3n) is 4.77. The minimum absolute atomic E-state index is 0.142. The Kier molecular flexibility index (Phi) is 5.69. The van der Waals surface area contributed by atoms with Crippen LogP contribution >= 0.6 is 11.3 Å². The molecule has 0 bridgehead atoms. The summed E-state index contributed by atoms with van der Waals surface area (Å²) in [5.74, 6) is -1.50. The van der Waals surface area contributed by atoms with Crippen LogP contribution in [0.15, 0.2) is 24.3 Å². The monoisotopic (exact) mass is 401 g/mol. The molecule has 2 aromatic rings. The summed E-state index contributed by atoms with van der Waals surface area (Å²) in [4.78, 5) is 39.0. The average molecular weight is 401 g/mol. The number of fused-ring (bicyclic) bond motifs is 1. The van der Waals surface area contributed by atoms with E-state index in [1.54, 1.807) is 13.8 Å². The summed E-state index contributed by atoms with van der Waals surface area (Å²) in [6.45, 7) is 5.72. The van der Waals surface area contributed by atoms with Crippen molar-refractivity contribution in [2.45, 2.75) is 33.2 Å². The molecule has 148 valence electrons. The van der Waals surface area contributed by atoms with E-state index >= 15 is 0 Å². The predicted octanol–water partition coefficient (Wildman–Crippen LogP) is 2.72. The third kappa shape index (κ3) is 3.73. The minimum atomic E-state index is -0.643. The number of nitrogens with zero attached hydrogens (tertiary/aromatic N) is 1. The molecule has 1 aromatic heterocycles. The Balaban J connectivity index is 1.83. The van der Waals surface area contributed by atoms with E-state index in [9.17, 15) is 14.4 Å². The van der Waals surface area contributed by atoms with Crippen molar-refractivity contribution in [3.63, 3.8) is 0 Å². The second-order valence-electron chi connectivity index (χ2n) is 6.70. The topological polar surface area (TPSA) is 102 Å². The molecule has 0 spiro atoms. The van der Waals surface area contributed by atoms with E-state index < -0.39 is 11.9 Å². The number of amides is 2. The van der Waals surface area contributed by atoms with Gasteiger partial charge in [0.15, 0.2) is 0 Å². The first kappa shape index (κ1) is 19.9. The van der Waals surface area contributed by atoms with Crippen LogP contribution in [0.25, 0.3) is 0 Å². The largest absolute Gasteiger partial charge is 0.462 e. The molecule has 0 radical (unpaired) electrons. The maximum absolute atomic E-state index is 12.7. The van der Waals surface area contributed by atoms with Gasteiger partial charge in [0, 0.05) is 11.7 Å². The number of rotatable bonds is 6. The van der Waals surface area contributed by atoms with Crippen LogP contribution in [0.1, 0.15) is 45.0 Å². The van der Waals surface area contributed by atoms with Crippen LogP contribution in [0.4, 0.5) is 10.7 Å². The smallest absolute Gasteiger partial charge is 0.341 e. The van der Waals surface area contributed by atoms with Gasteiger partial charge in [-0.2, -0.15) is 0 Å². The molecule has 0 saturated carbocycles. The number of thiophene rings is 1. The molecule has 0 fully saturated rings. The van der Waals surface area contributed by atoms with Gasteiger partial charge in [0.2, 0.25) is 5.91 Å². The first-order valence-corrected chi connectivity index (χ1v) is 9.89. The lowest BCUT2D eigenvalue weighted by molar-refractivity contribution is -0.115. The van der Waals surface area contributed by atoms with Crippen LogP contribution in [0.2, 0.25) is 0 Å². The summed E-state index contributed by atoms with van der Waals surface area (Å²) in [5.41, 5.74) is 8.25. The van der Waals surface area contributed by atoms with Gasteiger partial charge in [-0.05, 0) is 44.4 Å². The van der Waals surface area contributed by atoms with E-state index in [-0.39, 0.29) is 40.5 Å². The number of anilines is 2. The zero-order valence-corrected chi connectivity index (χ0v) is 16.9. The maximum Gasteiger partial charge on any atom is 0.341 e. The number of carbonyl (C=O) groups excluding carboxylic acids is 3. The average Bonchev–Trinajstić information content (AvgIpc) is 3.12. The van der Waals surface area contributed by atoms with Crippen molar-refractivity contribution in [3.8, 4) is 0 Å². The molecule has 0 aliphatic carbocycles. The fourth-order valence-electron chi connectivity index (χ4n) is 3.48. The number of carbonyl (C=O) groups is 3. The molecule has 1 aliphatic rings. The molecule has 2 amide bonds. The Morgan fingerprint density at radius 2 is 2.04 bits per heavy atom. The lowest BCUT2D eigenvalue weighted by atomic mass is 10.1. The first-order chi connectivity index (χ1) is 13.3. The van der Waals surface area contributed by atoms with Gasteiger partial charge >= 0.3 is 5.97 Å². The zero-order valence-electron chi connectivity index (χ0n) is 16.1. The fourth-order valence-corrected chi connectivity index (χ4v) is 4.54. The number of hydrogen-bond acceptors (Lipinski definition) is 6. The van der Waals surface area contributed by atoms with Crippen molar-refractivity contribution in [3.05, 3.63) is 45.8 Å². The van der Waals surface area contributed by atoms with Gasteiger partial charge in [0.25, 0.3) is 5.91 Å². The van der Waals surface area contributed by atoms with Gasteiger partial charge in [-0.1, -0.05) is 18.2 Å². The second kappa shape index (κ2) is 8.02. The highest BCUT2D eigenvalue weighted by atomic mass is 32.1. The molecule has 0 saturated heterocycles. The van der Waals surface area contributed by atoms with Crippen LogP contribution < -0.4 is 16.0 Å². The Labute approximate surface area is 167 Å². The quantitative estimate of drug-likeness (QED) is 0.725. The molecule has 1 atom stereocenters. The van der Waals surface area contributed by atoms with Crippen LogP contribution in [0.5, 0.6) is 0 Å². The van der Waals surface area contributed by atoms with Crippen LogP contribution in [0, 0.1) is 6.92 Å². The number of primary amides is 1. The molecule has 1 aliphatic heterocycles. The molecule has 1 aromatic carbocycles. The maximum atomic E-state index is 12.7. The summed E-state index contributed by atoms with van der Waals surface area (Å²) < 4.78 is 5.07. The van der Waals surface area contributed by atoms with Crippen molar-refractivity contribution in [2.24, 2.45) is 5.73 Å². The molecule has 3 N–H and O–H groups in total. The normalized spacial score (nSPS) is 15.2. The van der Waals surface area contributed by atoms with E-state index in [2.05, 4.69) is 18.3 Å². The lowest BCUT2D eigenvalue weighted by Gasteiger charge is -2.24. The second-order valence-corrected chi connectivity index (χ2v) is 7.72. The van der Waals surface area contributed by atoms with Gasteiger partial charge < -0.3 is 20.7 Å². The molecule has 2 heterocycles. The van der Waals surface area contributed by atoms with Crippen molar-refractivity contribution in [1.82, 2.24) is 0 Å². The van der Waals surface area contributed by atoms with E-state index in [1.165, 1.54) is 5.56 Å². The first-order valence-electron chi connectivity index (χ1n) is 9.08. The van der Waals surface area contributed by atoms with Gasteiger partial charge in [0.05, 0.1) is 23.6 Å². The Bertz CT molecular complexity index is 938. The van der Waals surface area contributed by atoms with Gasteiger partial charge in [0.1, 0.15) is 5.00 Å². The summed E-state index contributed by atoms with van der Waals surface area (Å²) in [7, 11) is 0. The molecule has 7 nitrogen and oxygen atoms in total. The summed E-state index contributed by atoms with van der Waals surface area (Å²) >= 11 is 0.995. The SMILES string of the molecule is CCOC(=O)c1c(NC(=O)CN2c3ccccc3CC2C)sc(C(N)=O)c1C. The molecule has 28 heavy (non-hydrogen) atoms. The highest BCUT2D eigenvalue weighted by molar-refractivity contribution is 7.18. The van der Waals surface area contributed by atoms with Crippen molar-refractivity contribution in [1.29, 1.82) is 0 Å². The van der Waals surface area contributed by atoms with Gasteiger partial charge in [-0.3, -0.25) is 9.59 Å². The number of esters is 1. The number of para-hydroxylation sites is 1. The van der Waals surface area contributed by atoms with Gasteiger partial charge in [-0.15, -0.1) is 11.3 Å². The molecule has 8 heteroatoms. The van der Waals surface area contributed by atoms with Crippen LogP contribution in [-0.2, 0) is 16.0 Å². The van der Waals surface area contributed by atoms with Crippen LogP contribution in [0.3, 0.4) is 0 Å². The predicted molar refractivity (Wildman–Crippen MR) is 109 cm³/mol. The lowest BCUT2D eigenvalue weighted by Crippen LogP contribution is -2.37. The summed E-state index contributed by atoms with van der Waals surface area (Å²) in [6, 6.07) is 8.18. The third-order valence-corrected chi connectivity index (χ3v) is 5.99. The van der Waals surface area contributed by atoms with E-state index in [0.29, 0.717) is 5.56 Å². The van der Waals surface area contributed by atoms with E-state index in [4.69, 9.17) is 10.5 Å². The molecular formula is C20H23N3O4S. The van der Waals surface area contributed by atoms with Crippen LogP contribution in [-0.4, -0.2) is 37.0 Å². The van der Waals surface area contributed by atoms with E-state index in [1.807, 2.05) is 23.1 Å². The number of ether oxygens (including phenoxy) is 1. The summed E-state index contributed by atoms with van der Waals surface area (Å²) in [6.07, 6.45) is 0.876. The molecule has 1 unspecified atom stereocenters. The standard InChI is InChI=1S/C20H23N3O4S/c1-4-27-20(26)16-12(3)17(18(21)25)28-19(16)22-15(24)10-23-11(2)9-13-7-5-6-8-14(13)23/h5-8,11H,4,9-10H2,1-3H3,(H2,21,25)(H,22,24). The Morgan fingerprint density at radius 3 is 2.71 bits per heavy atom. The number of nitrogens with one attached hydrogen (secondary N) is 1. The zero-order chi connectivity index (χ0) is 20.4.